The maximum Gasteiger partial charge on any atom is 0.123 e. The summed E-state index contributed by atoms with van der Waals surface area (Å²) in [5.74, 6) is 0.261. The molecule has 1 fully saturated rings. The quantitative estimate of drug-likeness (QED) is 0.419. The first kappa shape index (κ1) is 19.8. The minimum atomic E-state index is -0.189. The van der Waals surface area contributed by atoms with E-state index in [0.29, 0.717) is 12.3 Å². The van der Waals surface area contributed by atoms with Gasteiger partial charge >= 0.3 is 0 Å². The number of para-hydroxylation sites is 1. The van der Waals surface area contributed by atoms with Gasteiger partial charge in [0.25, 0.3) is 0 Å². The van der Waals surface area contributed by atoms with Gasteiger partial charge in [0.1, 0.15) is 5.82 Å². The lowest BCUT2D eigenvalue weighted by atomic mass is 9.93. The summed E-state index contributed by atoms with van der Waals surface area (Å²) in [7, 11) is 0. The number of aromatic nitrogens is 2. The fourth-order valence-corrected chi connectivity index (χ4v) is 4.64. The monoisotopic (exact) mass is 411 g/mol. The van der Waals surface area contributed by atoms with E-state index in [1.54, 1.807) is 12.1 Å². The van der Waals surface area contributed by atoms with E-state index in [2.05, 4.69) is 46.3 Å². The number of piperidine rings is 1. The number of nitrogens with zero attached hydrogens (tertiary/aromatic N) is 3. The maximum absolute atomic E-state index is 13.4. The highest BCUT2D eigenvalue weighted by Crippen LogP contribution is 2.28. The highest BCUT2D eigenvalue weighted by molar-refractivity contribution is 5.81. The van der Waals surface area contributed by atoms with Crippen molar-refractivity contribution < 1.29 is 4.39 Å². The van der Waals surface area contributed by atoms with Gasteiger partial charge in [-0.1, -0.05) is 36.4 Å². The summed E-state index contributed by atoms with van der Waals surface area (Å²) in [5.41, 5.74) is 5.65. The average molecular weight is 412 g/mol. The number of hydrogen-bond acceptors (Lipinski definition) is 3. The average Bonchev–Trinajstić information content (AvgIpc) is 2.80. The Labute approximate surface area is 182 Å². The Kier molecular flexibility index (Phi) is 5.72. The van der Waals surface area contributed by atoms with Gasteiger partial charge in [0.05, 0.1) is 5.52 Å². The summed E-state index contributed by atoms with van der Waals surface area (Å²) in [6.07, 6.45) is 6.93. The van der Waals surface area contributed by atoms with Crippen molar-refractivity contribution in [2.24, 2.45) is 0 Å². The Balaban J connectivity index is 1.27. The second kappa shape index (κ2) is 8.94. The van der Waals surface area contributed by atoms with E-state index in [1.165, 1.54) is 29.9 Å². The first-order chi connectivity index (χ1) is 15.2. The van der Waals surface area contributed by atoms with Crippen LogP contribution in [0.1, 0.15) is 41.1 Å². The fraction of sp³-hybridized carbons (Fsp3) is 0.259. The number of benzene rings is 2. The van der Waals surface area contributed by atoms with Crippen LogP contribution in [0.25, 0.3) is 10.9 Å². The largest absolute Gasteiger partial charge is 0.298 e. The molecule has 2 aromatic carbocycles. The summed E-state index contributed by atoms with van der Waals surface area (Å²) < 4.78 is 13.4. The number of rotatable bonds is 5. The summed E-state index contributed by atoms with van der Waals surface area (Å²) in [5, 5.41) is 1.24. The van der Waals surface area contributed by atoms with Crippen molar-refractivity contribution in [2.75, 3.05) is 13.1 Å². The SMILES string of the molecule is Fc1cccc(Cc2ccc(C3CCCN(Cc4ccnc5ccccc45)C3)nc2)c1. The molecule has 1 unspecified atom stereocenters. The third-order valence-corrected chi connectivity index (χ3v) is 6.20. The maximum atomic E-state index is 13.4. The smallest absolute Gasteiger partial charge is 0.123 e. The highest BCUT2D eigenvalue weighted by Gasteiger charge is 2.22. The predicted octanol–water partition coefficient (Wildman–Crippen LogP) is 5.74. The molecule has 0 N–H and O–H groups in total. The Bertz CT molecular complexity index is 1170. The molecule has 0 saturated carbocycles. The lowest BCUT2D eigenvalue weighted by Gasteiger charge is -2.32. The second-order valence-electron chi connectivity index (χ2n) is 8.46. The standard InChI is InChI=1S/C27H26FN3/c28-24-7-3-5-20(16-24)15-21-10-11-26(30-17-21)23-6-4-14-31(19-23)18-22-12-13-29-27-9-2-1-8-25(22)27/h1-3,5,7-13,16-17,23H,4,6,14-15,18-19H2. The van der Waals surface area contributed by atoms with Crippen molar-refractivity contribution in [3.8, 4) is 0 Å². The van der Waals surface area contributed by atoms with Crippen LogP contribution >= 0.6 is 0 Å². The number of likely N-dealkylation sites (tertiary alicyclic amines) is 1. The van der Waals surface area contributed by atoms with Gasteiger partial charge in [-0.15, -0.1) is 0 Å². The topological polar surface area (TPSA) is 29.0 Å². The molecule has 156 valence electrons. The molecule has 0 amide bonds. The van der Waals surface area contributed by atoms with Crippen LogP contribution in [0.2, 0.25) is 0 Å². The van der Waals surface area contributed by atoms with Crippen LogP contribution in [-0.2, 0) is 13.0 Å². The van der Waals surface area contributed by atoms with Gasteiger partial charge in [0.15, 0.2) is 0 Å². The van der Waals surface area contributed by atoms with Crippen LogP contribution in [0.15, 0.2) is 79.1 Å². The molecule has 3 heterocycles. The minimum absolute atomic E-state index is 0.189. The van der Waals surface area contributed by atoms with Crippen LogP contribution in [-0.4, -0.2) is 28.0 Å². The van der Waals surface area contributed by atoms with Gasteiger partial charge in [0, 0.05) is 42.5 Å². The summed E-state index contributed by atoms with van der Waals surface area (Å²) in [6.45, 7) is 3.08. The summed E-state index contributed by atoms with van der Waals surface area (Å²) in [4.78, 5) is 11.8. The lowest BCUT2D eigenvalue weighted by molar-refractivity contribution is 0.199. The number of halogens is 1. The Morgan fingerprint density at radius 1 is 0.935 bits per heavy atom. The molecule has 2 aromatic heterocycles. The molecule has 31 heavy (non-hydrogen) atoms. The molecule has 1 atom stereocenters. The number of pyridine rings is 2. The van der Waals surface area contributed by atoms with Crippen LogP contribution in [0, 0.1) is 5.82 Å². The third kappa shape index (κ3) is 4.64. The second-order valence-corrected chi connectivity index (χ2v) is 8.46. The van der Waals surface area contributed by atoms with Crippen molar-refractivity contribution >= 4 is 10.9 Å². The normalized spacial score (nSPS) is 17.1. The zero-order valence-electron chi connectivity index (χ0n) is 17.5. The van der Waals surface area contributed by atoms with E-state index in [1.807, 2.05) is 24.5 Å². The highest BCUT2D eigenvalue weighted by atomic mass is 19.1. The van der Waals surface area contributed by atoms with Gasteiger partial charge in [-0.2, -0.15) is 0 Å². The van der Waals surface area contributed by atoms with Gasteiger partial charge in [-0.05, 0) is 72.8 Å². The molecule has 0 bridgehead atoms. The zero-order chi connectivity index (χ0) is 21.0. The third-order valence-electron chi connectivity index (χ3n) is 6.20. The van der Waals surface area contributed by atoms with Gasteiger partial charge < -0.3 is 0 Å². The van der Waals surface area contributed by atoms with Crippen molar-refractivity contribution in [3.63, 3.8) is 0 Å². The molecule has 4 heteroatoms. The number of hydrogen-bond donors (Lipinski definition) is 0. The molecule has 4 aromatic rings. The molecule has 0 radical (unpaired) electrons. The van der Waals surface area contributed by atoms with Gasteiger partial charge in [0.2, 0.25) is 0 Å². The summed E-state index contributed by atoms with van der Waals surface area (Å²) in [6, 6.07) is 21.6. The molecule has 0 spiro atoms. The first-order valence-electron chi connectivity index (χ1n) is 11.0. The number of fused-ring (bicyclic) bond motifs is 1. The van der Waals surface area contributed by atoms with Crippen LogP contribution in [0.5, 0.6) is 0 Å². The van der Waals surface area contributed by atoms with Crippen LogP contribution in [0.3, 0.4) is 0 Å². The molecule has 3 nitrogen and oxygen atoms in total. The van der Waals surface area contributed by atoms with E-state index < -0.39 is 0 Å². The molecule has 1 aliphatic heterocycles. The Hall–Kier alpha value is -3.11. The molecule has 1 aliphatic rings. The van der Waals surface area contributed by atoms with Gasteiger partial charge in [-0.3, -0.25) is 14.9 Å². The fourth-order valence-electron chi connectivity index (χ4n) is 4.64. The van der Waals surface area contributed by atoms with Crippen LogP contribution in [0.4, 0.5) is 4.39 Å². The minimum Gasteiger partial charge on any atom is -0.298 e. The van der Waals surface area contributed by atoms with Crippen molar-refractivity contribution in [1.82, 2.24) is 14.9 Å². The van der Waals surface area contributed by atoms with Crippen molar-refractivity contribution in [2.45, 2.75) is 31.7 Å². The van der Waals surface area contributed by atoms with E-state index in [0.717, 1.165) is 42.0 Å². The van der Waals surface area contributed by atoms with Crippen molar-refractivity contribution in [1.29, 1.82) is 0 Å². The van der Waals surface area contributed by atoms with Crippen LogP contribution < -0.4 is 0 Å². The lowest BCUT2D eigenvalue weighted by Crippen LogP contribution is -2.34. The zero-order valence-corrected chi connectivity index (χ0v) is 17.5. The van der Waals surface area contributed by atoms with E-state index in [4.69, 9.17) is 4.98 Å². The molecular formula is C27H26FN3. The van der Waals surface area contributed by atoms with E-state index in [-0.39, 0.29) is 5.82 Å². The molecule has 0 aliphatic carbocycles. The Morgan fingerprint density at radius 2 is 1.87 bits per heavy atom. The Morgan fingerprint density at radius 3 is 2.74 bits per heavy atom. The van der Waals surface area contributed by atoms with E-state index >= 15 is 0 Å². The molecule has 1 saturated heterocycles. The molecular weight excluding hydrogens is 385 g/mol. The first-order valence-corrected chi connectivity index (χ1v) is 11.0. The predicted molar refractivity (Wildman–Crippen MR) is 122 cm³/mol. The summed E-state index contributed by atoms with van der Waals surface area (Å²) >= 11 is 0. The van der Waals surface area contributed by atoms with Gasteiger partial charge in [-0.25, -0.2) is 4.39 Å². The van der Waals surface area contributed by atoms with E-state index in [9.17, 15) is 4.39 Å². The molecule has 5 rings (SSSR count). The van der Waals surface area contributed by atoms with Crippen molar-refractivity contribution in [3.05, 3.63) is 107 Å².